The van der Waals surface area contributed by atoms with Gasteiger partial charge in [0.2, 0.25) is 0 Å². The average Bonchev–Trinajstić information content (AvgIpc) is 2.74. The Bertz CT molecular complexity index is 482. The Morgan fingerprint density at radius 1 is 1.35 bits per heavy atom. The van der Waals surface area contributed by atoms with E-state index >= 15 is 0 Å². The molecular weight excluding hydrogens is 312 g/mol. The Kier molecular flexibility index (Phi) is 4.09. The summed E-state index contributed by atoms with van der Waals surface area (Å²) in [7, 11) is 0. The zero-order valence-electron chi connectivity index (χ0n) is 12.6. The first-order chi connectivity index (χ1) is 9.64. The molecule has 110 valence electrons. The van der Waals surface area contributed by atoms with Crippen LogP contribution in [0.2, 0.25) is 0 Å². The summed E-state index contributed by atoms with van der Waals surface area (Å²) in [6.07, 6.45) is 5.08. The number of benzene rings is 1. The molecule has 1 fully saturated rings. The number of fused-ring (bicyclic) bond motifs is 1. The van der Waals surface area contributed by atoms with Crippen molar-refractivity contribution >= 4 is 21.6 Å². The van der Waals surface area contributed by atoms with Crippen molar-refractivity contribution < 1.29 is 0 Å². The molecule has 0 amide bonds. The van der Waals surface area contributed by atoms with Crippen LogP contribution in [0, 0.1) is 0 Å². The third-order valence-electron chi connectivity index (χ3n) is 4.99. The fourth-order valence-corrected chi connectivity index (χ4v) is 4.36. The van der Waals surface area contributed by atoms with Gasteiger partial charge < -0.3 is 10.2 Å². The van der Waals surface area contributed by atoms with Crippen molar-refractivity contribution in [2.45, 2.75) is 51.0 Å². The van der Waals surface area contributed by atoms with Gasteiger partial charge in [-0.3, -0.25) is 0 Å². The molecule has 2 nitrogen and oxygen atoms in total. The fourth-order valence-electron chi connectivity index (χ4n) is 4.00. The van der Waals surface area contributed by atoms with Gasteiger partial charge in [-0.2, -0.15) is 0 Å². The van der Waals surface area contributed by atoms with Gasteiger partial charge in [0.05, 0.1) is 0 Å². The molecule has 0 aliphatic carbocycles. The summed E-state index contributed by atoms with van der Waals surface area (Å²) in [5, 5.41) is 3.48. The second kappa shape index (κ2) is 5.69. The molecule has 1 N–H and O–H groups in total. The number of nitrogens with one attached hydrogen (secondary N) is 1. The van der Waals surface area contributed by atoms with Crippen LogP contribution in [0.15, 0.2) is 22.7 Å². The van der Waals surface area contributed by atoms with Crippen LogP contribution in [0.1, 0.15) is 45.1 Å². The van der Waals surface area contributed by atoms with Crippen LogP contribution in [0.5, 0.6) is 0 Å². The topological polar surface area (TPSA) is 15.3 Å². The minimum absolute atomic E-state index is 0.318. The number of hydrogen-bond donors (Lipinski definition) is 1. The molecule has 0 aromatic heterocycles. The number of nitrogens with zero attached hydrogens (tertiary/aromatic N) is 1. The third-order valence-corrected chi connectivity index (χ3v) is 5.48. The Morgan fingerprint density at radius 3 is 2.80 bits per heavy atom. The maximum Gasteiger partial charge on any atom is 0.0408 e. The number of anilines is 1. The lowest BCUT2D eigenvalue weighted by Crippen LogP contribution is -2.44. The Labute approximate surface area is 131 Å². The van der Waals surface area contributed by atoms with E-state index in [0.717, 1.165) is 19.1 Å². The maximum absolute atomic E-state index is 3.66. The van der Waals surface area contributed by atoms with Crippen LogP contribution in [0.3, 0.4) is 0 Å². The minimum Gasteiger partial charge on any atom is -0.367 e. The zero-order chi connectivity index (χ0) is 14.2. The van der Waals surface area contributed by atoms with E-state index in [0.29, 0.717) is 5.41 Å². The molecule has 3 heteroatoms. The fraction of sp³-hybridized carbons (Fsp3) is 0.647. The molecule has 0 saturated carbocycles. The van der Waals surface area contributed by atoms with Gasteiger partial charge in [-0.25, -0.2) is 0 Å². The molecule has 3 rings (SSSR count). The summed E-state index contributed by atoms with van der Waals surface area (Å²) in [5.74, 6) is 0. The minimum atomic E-state index is 0.318. The molecule has 1 saturated heterocycles. The molecule has 1 aromatic rings. The number of halogens is 1. The highest BCUT2D eigenvalue weighted by molar-refractivity contribution is 9.10. The lowest BCUT2D eigenvalue weighted by atomic mass is 9.80. The normalized spacial score (nSPS) is 26.9. The van der Waals surface area contributed by atoms with Crippen LogP contribution < -0.4 is 10.2 Å². The van der Waals surface area contributed by atoms with E-state index in [2.05, 4.69) is 58.2 Å². The summed E-state index contributed by atoms with van der Waals surface area (Å²) < 4.78 is 1.21. The molecule has 2 heterocycles. The van der Waals surface area contributed by atoms with Gasteiger partial charge in [0.1, 0.15) is 0 Å². The summed E-state index contributed by atoms with van der Waals surface area (Å²) in [4.78, 5) is 2.69. The van der Waals surface area contributed by atoms with Crippen molar-refractivity contribution in [3.05, 3.63) is 28.2 Å². The predicted octanol–water partition coefficient (Wildman–Crippen LogP) is 4.08. The quantitative estimate of drug-likeness (QED) is 0.894. The highest BCUT2D eigenvalue weighted by Crippen LogP contribution is 2.46. The van der Waals surface area contributed by atoms with Gasteiger partial charge in [-0.1, -0.05) is 36.2 Å². The average molecular weight is 337 g/mol. The van der Waals surface area contributed by atoms with Crippen molar-refractivity contribution in [2.75, 3.05) is 24.5 Å². The van der Waals surface area contributed by atoms with Crippen LogP contribution in [0.4, 0.5) is 5.69 Å². The molecule has 2 aliphatic rings. The van der Waals surface area contributed by atoms with E-state index in [1.165, 1.54) is 42.4 Å². The number of piperidine rings is 1. The van der Waals surface area contributed by atoms with Crippen molar-refractivity contribution in [3.8, 4) is 0 Å². The smallest absolute Gasteiger partial charge is 0.0408 e. The van der Waals surface area contributed by atoms with E-state index in [9.17, 15) is 0 Å². The SMILES string of the molecule is CCCC1(C)CN(C2CCNCC2)c2ccc(Br)cc21. The summed E-state index contributed by atoms with van der Waals surface area (Å²) in [6.45, 7) is 8.27. The van der Waals surface area contributed by atoms with Gasteiger partial charge in [0, 0.05) is 28.2 Å². The predicted molar refractivity (Wildman–Crippen MR) is 89.6 cm³/mol. The highest BCUT2D eigenvalue weighted by Gasteiger charge is 2.40. The lowest BCUT2D eigenvalue weighted by Gasteiger charge is -2.35. The van der Waals surface area contributed by atoms with Crippen molar-refractivity contribution in [3.63, 3.8) is 0 Å². The second-order valence-electron chi connectivity index (χ2n) is 6.58. The molecular formula is C17H25BrN2. The van der Waals surface area contributed by atoms with Crippen molar-refractivity contribution in [2.24, 2.45) is 0 Å². The van der Waals surface area contributed by atoms with Gasteiger partial charge >= 0.3 is 0 Å². The summed E-state index contributed by atoms with van der Waals surface area (Å²) in [5.41, 5.74) is 3.35. The van der Waals surface area contributed by atoms with Gasteiger partial charge in [0.25, 0.3) is 0 Å². The molecule has 20 heavy (non-hydrogen) atoms. The standard InChI is InChI=1S/C17H25BrN2/c1-3-8-17(2)12-20(14-6-9-19-10-7-14)16-5-4-13(18)11-15(16)17/h4-5,11,14,19H,3,6-10,12H2,1-2H3. The molecule has 1 aromatic carbocycles. The molecule has 1 atom stereocenters. The van der Waals surface area contributed by atoms with Crippen LogP contribution in [-0.2, 0) is 5.41 Å². The third kappa shape index (κ3) is 2.50. The van der Waals surface area contributed by atoms with E-state index in [1.807, 2.05) is 0 Å². The molecule has 2 aliphatic heterocycles. The monoisotopic (exact) mass is 336 g/mol. The van der Waals surface area contributed by atoms with E-state index in [4.69, 9.17) is 0 Å². The van der Waals surface area contributed by atoms with Gasteiger partial charge in [0.15, 0.2) is 0 Å². The van der Waals surface area contributed by atoms with Crippen LogP contribution >= 0.6 is 15.9 Å². The second-order valence-corrected chi connectivity index (χ2v) is 7.50. The first kappa shape index (κ1) is 14.4. The molecule has 0 radical (unpaired) electrons. The maximum atomic E-state index is 3.66. The summed E-state index contributed by atoms with van der Waals surface area (Å²) >= 11 is 3.66. The van der Waals surface area contributed by atoms with Gasteiger partial charge in [-0.15, -0.1) is 0 Å². The molecule has 0 bridgehead atoms. The van der Waals surface area contributed by atoms with E-state index < -0.39 is 0 Å². The van der Waals surface area contributed by atoms with E-state index in [-0.39, 0.29) is 0 Å². The van der Waals surface area contributed by atoms with Crippen LogP contribution in [0.25, 0.3) is 0 Å². The number of hydrogen-bond acceptors (Lipinski definition) is 2. The Hall–Kier alpha value is -0.540. The number of rotatable bonds is 3. The van der Waals surface area contributed by atoms with Crippen molar-refractivity contribution in [1.29, 1.82) is 0 Å². The Morgan fingerprint density at radius 2 is 2.10 bits per heavy atom. The molecule has 0 spiro atoms. The van der Waals surface area contributed by atoms with E-state index in [1.54, 1.807) is 5.56 Å². The Balaban J connectivity index is 1.95. The first-order valence-corrected chi connectivity index (χ1v) is 8.71. The first-order valence-electron chi connectivity index (χ1n) is 7.91. The zero-order valence-corrected chi connectivity index (χ0v) is 14.2. The van der Waals surface area contributed by atoms with Crippen molar-refractivity contribution in [1.82, 2.24) is 5.32 Å². The largest absolute Gasteiger partial charge is 0.367 e. The lowest BCUT2D eigenvalue weighted by molar-refractivity contribution is 0.393. The molecule has 1 unspecified atom stereocenters. The highest BCUT2D eigenvalue weighted by atomic mass is 79.9. The summed E-state index contributed by atoms with van der Waals surface area (Å²) in [6, 6.07) is 7.59. The van der Waals surface area contributed by atoms with Gasteiger partial charge in [-0.05, 0) is 56.1 Å². The van der Waals surface area contributed by atoms with Crippen LogP contribution in [-0.4, -0.2) is 25.7 Å².